The molecule has 0 atom stereocenters. The highest BCUT2D eigenvalue weighted by molar-refractivity contribution is 5.52. The summed E-state index contributed by atoms with van der Waals surface area (Å²) in [6, 6.07) is 2.91. The molecule has 3 nitrogen and oxygen atoms in total. The largest absolute Gasteiger partial charge is 0.330 e. The molecule has 0 unspecified atom stereocenters. The van der Waals surface area contributed by atoms with Crippen LogP contribution in [0.5, 0.6) is 0 Å². The fourth-order valence-corrected chi connectivity index (χ4v) is 1.59. The number of hydrogen-bond acceptors (Lipinski definition) is 2. The van der Waals surface area contributed by atoms with Gasteiger partial charge in [0.25, 0.3) is 0 Å². The molecule has 0 saturated heterocycles. The van der Waals surface area contributed by atoms with Gasteiger partial charge in [-0.25, -0.2) is 9.37 Å². The quantitative estimate of drug-likeness (QED) is 0.780. The third-order valence-electron chi connectivity index (χ3n) is 2.23. The number of nitrogens with two attached hydrogens (primary N) is 1. The standard InChI is InChI=1S/C10H12FN3/c1-7-9-6-8(11)3-5-14(9)10(13-7)2-4-12/h3,5-6H,2,4,12H2,1H3. The third kappa shape index (κ3) is 1.37. The average Bonchev–Trinajstić information content (AvgIpc) is 2.44. The molecule has 2 rings (SSSR count). The van der Waals surface area contributed by atoms with Crippen molar-refractivity contribution in [2.75, 3.05) is 6.54 Å². The summed E-state index contributed by atoms with van der Waals surface area (Å²) >= 11 is 0. The highest BCUT2D eigenvalue weighted by atomic mass is 19.1. The summed E-state index contributed by atoms with van der Waals surface area (Å²) in [5, 5.41) is 0. The Bertz CT molecular complexity index is 462. The Hall–Kier alpha value is -1.42. The van der Waals surface area contributed by atoms with Crippen LogP contribution >= 0.6 is 0 Å². The molecule has 0 bridgehead atoms. The lowest BCUT2D eigenvalue weighted by Crippen LogP contribution is -2.06. The van der Waals surface area contributed by atoms with Crippen LogP contribution in [0.2, 0.25) is 0 Å². The SMILES string of the molecule is Cc1nc(CCN)n2ccc(F)cc12. The van der Waals surface area contributed by atoms with Crippen LogP contribution in [0.3, 0.4) is 0 Å². The van der Waals surface area contributed by atoms with E-state index in [4.69, 9.17) is 5.73 Å². The molecular formula is C10H12FN3. The minimum atomic E-state index is -0.236. The maximum absolute atomic E-state index is 12.9. The Morgan fingerprint density at radius 3 is 3.07 bits per heavy atom. The number of aryl methyl sites for hydroxylation is 1. The molecule has 0 aliphatic carbocycles. The van der Waals surface area contributed by atoms with Crippen molar-refractivity contribution in [3.63, 3.8) is 0 Å². The monoisotopic (exact) mass is 193 g/mol. The maximum Gasteiger partial charge on any atom is 0.126 e. The van der Waals surface area contributed by atoms with Crippen LogP contribution in [0.25, 0.3) is 5.52 Å². The topological polar surface area (TPSA) is 43.3 Å². The van der Waals surface area contributed by atoms with E-state index in [1.54, 1.807) is 6.20 Å². The van der Waals surface area contributed by atoms with Crippen molar-refractivity contribution < 1.29 is 4.39 Å². The Balaban J connectivity index is 2.65. The van der Waals surface area contributed by atoms with E-state index in [9.17, 15) is 4.39 Å². The summed E-state index contributed by atoms with van der Waals surface area (Å²) in [5.74, 6) is 0.653. The van der Waals surface area contributed by atoms with Crippen molar-refractivity contribution in [1.82, 2.24) is 9.38 Å². The molecule has 14 heavy (non-hydrogen) atoms. The number of rotatable bonds is 2. The van der Waals surface area contributed by atoms with Crippen molar-refractivity contribution in [3.8, 4) is 0 Å². The van der Waals surface area contributed by atoms with Gasteiger partial charge in [-0.05, 0) is 25.6 Å². The van der Waals surface area contributed by atoms with E-state index < -0.39 is 0 Å². The van der Waals surface area contributed by atoms with E-state index in [1.807, 2.05) is 11.3 Å². The number of fused-ring (bicyclic) bond motifs is 1. The second kappa shape index (κ2) is 3.38. The van der Waals surface area contributed by atoms with Gasteiger partial charge in [0.15, 0.2) is 0 Å². The van der Waals surface area contributed by atoms with Gasteiger partial charge in [0.05, 0.1) is 11.2 Å². The van der Waals surface area contributed by atoms with Gasteiger partial charge in [-0.1, -0.05) is 0 Å². The van der Waals surface area contributed by atoms with Crippen molar-refractivity contribution >= 4 is 5.52 Å². The molecule has 0 saturated carbocycles. The highest BCUT2D eigenvalue weighted by Crippen LogP contribution is 2.13. The van der Waals surface area contributed by atoms with E-state index in [1.165, 1.54) is 12.1 Å². The molecule has 0 radical (unpaired) electrons. The van der Waals surface area contributed by atoms with Gasteiger partial charge in [0.1, 0.15) is 11.6 Å². The van der Waals surface area contributed by atoms with Crippen LogP contribution in [-0.4, -0.2) is 15.9 Å². The Morgan fingerprint density at radius 2 is 2.36 bits per heavy atom. The fraction of sp³-hybridized carbons (Fsp3) is 0.300. The second-order valence-corrected chi connectivity index (χ2v) is 3.25. The molecule has 0 fully saturated rings. The lowest BCUT2D eigenvalue weighted by atomic mass is 10.3. The minimum Gasteiger partial charge on any atom is -0.330 e. The highest BCUT2D eigenvalue weighted by Gasteiger charge is 2.07. The molecule has 2 aromatic heterocycles. The number of pyridine rings is 1. The molecule has 0 aromatic carbocycles. The lowest BCUT2D eigenvalue weighted by Gasteiger charge is -1.98. The van der Waals surface area contributed by atoms with E-state index in [0.717, 1.165) is 17.0 Å². The molecule has 0 aliphatic heterocycles. The normalized spacial score (nSPS) is 11.1. The van der Waals surface area contributed by atoms with Crippen LogP contribution in [0.4, 0.5) is 4.39 Å². The van der Waals surface area contributed by atoms with Gasteiger partial charge in [-0.3, -0.25) is 0 Å². The first-order valence-corrected chi connectivity index (χ1v) is 4.55. The van der Waals surface area contributed by atoms with Gasteiger partial charge in [-0.2, -0.15) is 0 Å². The first-order valence-electron chi connectivity index (χ1n) is 4.55. The van der Waals surface area contributed by atoms with E-state index in [-0.39, 0.29) is 5.82 Å². The summed E-state index contributed by atoms with van der Waals surface area (Å²) < 4.78 is 14.8. The third-order valence-corrected chi connectivity index (χ3v) is 2.23. The maximum atomic E-state index is 12.9. The van der Waals surface area contributed by atoms with Gasteiger partial charge in [0, 0.05) is 12.6 Å². The van der Waals surface area contributed by atoms with Crippen LogP contribution in [-0.2, 0) is 6.42 Å². The minimum absolute atomic E-state index is 0.236. The summed E-state index contributed by atoms with van der Waals surface area (Å²) in [7, 11) is 0. The van der Waals surface area contributed by atoms with Crippen molar-refractivity contribution in [2.24, 2.45) is 5.73 Å². The molecule has 4 heteroatoms. The summed E-state index contributed by atoms with van der Waals surface area (Å²) in [4.78, 5) is 4.34. The van der Waals surface area contributed by atoms with E-state index >= 15 is 0 Å². The number of halogens is 1. The predicted octanol–water partition coefficient (Wildman–Crippen LogP) is 1.28. The molecule has 2 N–H and O–H groups in total. The average molecular weight is 193 g/mol. The van der Waals surface area contributed by atoms with Crippen molar-refractivity contribution in [3.05, 3.63) is 35.7 Å². The molecule has 0 spiro atoms. The summed E-state index contributed by atoms with van der Waals surface area (Å²) in [6.07, 6.45) is 2.40. The molecule has 2 heterocycles. The lowest BCUT2D eigenvalue weighted by molar-refractivity contribution is 0.626. The zero-order chi connectivity index (χ0) is 10.1. The van der Waals surface area contributed by atoms with Crippen LogP contribution in [0, 0.1) is 12.7 Å². The van der Waals surface area contributed by atoms with Crippen molar-refractivity contribution in [2.45, 2.75) is 13.3 Å². The molecular weight excluding hydrogens is 181 g/mol. The molecule has 0 amide bonds. The number of imidazole rings is 1. The zero-order valence-electron chi connectivity index (χ0n) is 8.00. The summed E-state index contributed by atoms with van der Waals surface area (Å²) in [6.45, 7) is 2.42. The first-order chi connectivity index (χ1) is 6.72. The number of nitrogens with zero attached hydrogens (tertiary/aromatic N) is 2. The fourth-order valence-electron chi connectivity index (χ4n) is 1.59. The van der Waals surface area contributed by atoms with Crippen molar-refractivity contribution in [1.29, 1.82) is 0 Å². The van der Waals surface area contributed by atoms with Gasteiger partial charge in [0.2, 0.25) is 0 Å². The van der Waals surface area contributed by atoms with Gasteiger partial charge in [-0.15, -0.1) is 0 Å². The smallest absolute Gasteiger partial charge is 0.126 e. The number of hydrogen-bond donors (Lipinski definition) is 1. The Labute approximate surface area is 81.4 Å². The predicted molar refractivity (Wildman–Crippen MR) is 52.6 cm³/mol. The Kier molecular flexibility index (Phi) is 2.21. The van der Waals surface area contributed by atoms with Crippen LogP contribution in [0.1, 0.15) is 11.5 Å². The van der Waals surface area contributed by atoms with Crippen LogP contribution < -0.4 is 5.73 Å². The van der Waals surface area contributed by atoms with E-state index in [0.29, 0.717) is 13.0 Å². The molecule has 0 aliphatic rings. The second-order valence-electron chi connectivity index (χ2n) is 3.25. The first kappa shape index (κ1) is 9.15. The molecule has 74 valence electrons. The Morgan fingerprint density at radius 1 is 1.57 bits per heavy atom. The summed E-state index contributed by atoms with van der Waals surface area (Å²) in [5.41, 5.74) is 7.12. The molecule has 2 aromatic rings. The van der Waals surface area contributed by atoms with Crippen LogP contribution in [0.15, 0.2) is 18.3 Å². The zero-order valence-corrected chi connectivity index (χ0v) is 8.00. The number of aromatic nitrogens is 2. The van der Waals surface area contributed by atoms with Gasteiger partial charge >= 0.3 is 0 Å². The van der Waals surface area contributed by atoms with Gasteiger partial charge < -0.3 is 10.1 Å². The van der Waals surface area contributed by atoms with E-state index in [2.05, 4.69) is 4.98 Å².